The zero-order valence-corrected chi connectivity index (χ0v) is 12.4. The number of hydrogen-bond donors (Lipinski definition) is 2. The van der Waals surface area contributed by atoms with Crippen molar-refractivity contribution in [3.05, 3.63) is 18.5 Å². The molecule has 0 radical (unpaired) electrons. The van der Waals surface area contributed by atoms with Crippen molar-refractivity contribution in [1.82, 2.24) is 9.55 Å². The number of ether oxygens (including phenoxy) is 1. The van der Waals surface area contributed by atoms with Crippen molar-refractivity contribution in [3.8, 4) is 5.75 Å². The monoisotopic (exact) mass is 276 g/mol. The number of aromatic nitrogens is 2. The summed E-state index contributed by atoms with van der Waals surface area (Å²) < 4.78 is 7.68. The summed E-state index contributed by atoms with van der Waals surface area (Å²) in [5, 5.41) is 18.9. The molecule has 2 N–H and O–H groups in total. The average molecular weight is 276 g/mol. The quantitative estimate of drug-likeness (QED) is 0.825. The Morgan fingerprint density at radius 3 is 2.55 bits per heavy atom. The van der Waals surface area contributed by atoms with E-state index in [1.807, 2.05) is 13.0 Å². The third-order valence-electron chi connectivity index (χ3n) is 3.14. The Bertz CT molecular complexity index is 602. The molecule has 108 valence electrons. The first-order valence-corrected chi connectivity index (χ1v) is 6.85. The summed E-state index contributed by atoms with van der Waals surface area (Å²) in [6.07, 6.45) is 2.62. The highest BCUT2D eigenvalue weighted by Crippen LogP contribution is 2.24. The standard InChI is InChI=1S/C14H21BN2O3/c1-5-6-20-13-8-12-11(7-10(13)15(18)19)16-9-17(12)14(2,3)4/h7-9,18-19H,5-6H2,1-4H3. The third-order valence-corrected chi connectivity index (χ3v) is 3.14. The van der Waals surface area contributed by atoms with E-state index < -0.39 is 7.12 Å². The minimum absolute atomic E-state index is 0.101. The van der Waals surface area contributed by atoms with E-state index in [4.69, 9.17) is 4.74 Å². The first-order valence-electron chi connectivity index (χ1n) is 6.85. The molecule has 1 heterocycles. The predicted molar refractivity (Wildman–Crippen MR) is 80.3 cm³/mol. The minimum atomic E-state index is -1.56. The van der Waals surface area contributed by atoms with Gasteiger partial charge in [0.15, 0.2) is 0 Å². The summed E-state index contributed by atoms with van der Waals surface area (Å²) in [6.45, 7) is 8.82. The van der Waals surface area contributed by atoms with Gasteiger partial charge in [0.05, 0.1) is 24.0 Å². The second kappa shape index (κ2) is 5.46. The van der Waals surface area contributed by atoms with Crippen molar-refractivity contribution in [3.63, 3.8) is 0 Å². The summed E-state index contributed by atoms with van der Waals surface area (Å²) in [7, 11) is -1.56. The molecule has 20 heavy (non-hydrogen) atoms. The van der Waals surface area contributed by atoms with Gasteiger partial charge >= 0.3 is 7.12 Å². The predicted octanol–water partition coefficient (Wildman–Crippen LogP) is 1.26. The fourth-order valence-corrected chi connectivity index (χ4v) is 2.13. The highest BCUT2D eigenvalue weighted by Gasteiger charge is 2.22. The number of rotatable bonds is 4. The Hall–Kier alpha value is -1.53. The van der Waals surface area contributed by atoms with Gasteiger partial charge in [-0.3, -0.25) is 0 Å². The molecule has 0 aliphatic heterocycles. The van der Waals surface area contributed by atoms with E-state index in [1.165, 1.54) is 0 Å². The van der Waals surface area contributed by atoms with E-state index in [9.17, 15) is 10.0 Å². The molecule has 0 amide bonds. The molecule has 0 saturated heterocycles. The number of fused-ring (bicyclic) bond motifs is 1. The van der Waals surface area contributed by atoms with Crippen molar-refractivity contribution in [2.75, 3.05) is 6.61 Å². The van der Waals surface area contributed by atoms with E-state index in [0.717, 1.165) is 17.5 Å². The molecular formula is C14H21BN2O3. The topological polar surface area (TPSA) is 67.5 Å². The summed E-state index contributed by atoms with van der Waals surface area (Å²) in [5.74, 6) is 0.500. The fourth-order valence-electron chi connectivity index (χ4n) is 2.13. The van der Waals surface area contributed by atoms with Gasteiger partial charge < -0.3 is 19.4 Å². The zero-order valence-electron chi connectivity index (χ0n) is 12.4. The van der Waals surface area contributed by atoms with E-state index in [2.05, 4.69) is 30.3 Å². The Kier molecular flexibility index (Phi) is 4.06. The minimum Gasteiger partial charge on any atom is -0.494 e. The molecule has 1 aromatic heterocycles. The lowest BCUT2D eigenvalue weighted by molar-refractivity contribution is 0.317. The van der Waals surface area contributed by atoms with Crippen molar-refractivity contribution in [2.24, 2.45) is 0 Å². The molecule has 0 aliphatic rings. The first kappa shape index (κ1) is 14.9. The maximum Gasteiger partial charge on any atom is 0.492 e. The molecule has 0 atom stereocenters. The van der Waals surface area contributed by atoms with Gasteiger partial charge in [-0.1, -0.05) is 6.92 Å². The maximum atomic E-state index is 9.47. The summed E-state index contributed by atoms with van der Waals surface area (Å²) >= 11 is 0. The van der Waals surface area contributed by atoms with Crippen molar-refractivity contribution >= 4 is 23.6 Å². The Morgan fingerprint density at radius 1 is 1.30 bits per heavy atom. The van der Waals surface area contributed by atoms with Gasteiger partial charge in [-0.2, -0.15) is 0 Å². The molecule has 6 heteroatoms. The summed E-state index contributed by atoms with van der Waals surface area (Å²) in [6, 6.07) is 3.51. The number of imidazole rings is 1. The molecule has 0 aliphatic carbocycles. The van der Waals surface area contributed by atoms with Crippen LogP contribution in [0, 0.1) is 0 Å². The number of nitrogens with zero attached hydrogens (tertiary/aromatic N) is 2. The van der Waals surface area contributed by atoms with Crippen LogP contribution in [0.5, 0.6) is 5.75 Å². The molecule has 5 nitrogen and oxygen atoms in total. The van der Waals surface area contributed by atoms with Crippen LogP contribution in [0.15, 0.2) is 18.5 Å². The van der Waals surface area contributed by atoms with Crippen LogP contribution in [0.1, 0.15) is 34.1 Å². The van der Waals surface area contributed by atoms with Gasteiger partial charge in [-0.15, -0.1) is 0 Å². The van der Waals surface area contributed by atoms with E-state index in [0.29, 0.717) is 17.8 Å². The lowest BCUT2D eigenvalue weighted by Gasteiger charge is -2.22. The van der Waals surface area contributed by atoms with Crippen LogP contribution >= 0.6 is 0 Å². The van der Waals surface area contributed by atoms with Crippen LogP contribution in [0.3, 0.4) is 0 Å². The van der Waals surface area contributed by atoms with Crippen molar-refractivity contribution in [1.29, 1.82) is 0 Å². The number of hydrogen-bond acceptors (Lipinski definition) is 4. The van der Waals surface area contributed by atoms with Gasteiger partial charge in [0.2, 0.25) is 0 Å². The Balaban J connectivity index is 2.59. The molecule has 0 saturated carbocycles. The molecule has 1 aromatic carbocycles. The molecule has 0 fully saturated rings. The van der Waals surface area contributed by atoms with Gasteiger partial charge in [-0.25, -0.2) is 4.98 Å². The maximum absolute atomic E-state index is 9.47. The SMILES string of the molecule is CCCOc1cc2c(cc1B(O)O)ncn2C(C)(C)C. The summed E-state index contributed by atoms with van der Waals surface area (Å²) in [4.78, 5) is 4.33. The molecule has 2 aromatic rings. The molecule has 0 unspecified atom stereocenters. The van der Waals surface area contributed by atoms with Crippen LogP contribution < -0.4 is 10.2 Å². The van der Waals surface area contributed by atoms with Crippen LogP contribution in [-0.2, 0) is 5.54 Å². The third kappa shape index (κ3) is 2.81. The lowest BCUT2D eigenvalue weighted by atomic mass is 9.79. The molecule has 0 spiro atoms. The zero-order chi connectivity index (χ0) is 14.9. The van der Waals surface area contributed by atoms with E-state index >= 15 is 0 Å². The second-order valence-electron chi connectivity index (χ2n) is 5.89. The lowest BCUT2D eigenvalue weighted by Crippen LogP contribution is -2.31. The molecular weight excluding hydrogens is 255 g/mol. The highest BCUT2D eigenvalue weighted by molar-refractivity contribution is 6.60. The van der Waals surface area contributed by atoms with Gasteiger partial charge in [0.1, 0.15) is 5.75 Å². The number of benzene rings is 1. The van der Waals surface area contributed by atoms with Gasteiger partial charge in [0.25, 0.3) is 0 Å². The van der Waals surface area contributed by atoms with Crippen LogP contribution in [0.25, 0.3) is 11.0 Å². The first-order chi connectivity index (χ1) is 9.34. The largest absolute Gasteiger partial charge is 0.494 e. The Labute approximate surface area is 119 Å². The van der Waals surface area contributed by atoms with Crippen LogP contribution in [0.2, 0.25) is 0 Å². The van der Waals surface area contributed by atoms with E-state index in [1.54, 1.807) is 12.4 Å². The van der Waals surface area contributed by atoms with Crippen molar-refractivity contribution < 1.29 is 14.8 Å². The van der Waals surface area contributed by atoms with Gasteiger partial charge in [-0.05, 0) is 33.3 Å². The highest BCUT2D eigenvalue weighted by atomic mass is 16.5. The second-order valence-corrected chi connectivity index (χ2v) is 5.89. The average Bonchev–Trinajstić information content (AvgIpc) is 2.77. The normalized spacial score (nSPS) is 11.9. The smallest absolute Gasteiger partial charge is 0.492 e. The van der Waals surface area contributed by atoms with Crippen LogP contribution in [-0.4, -0.2) is 33.3 Å². The Morgan fingerprint density at radius 2 is 2.00 bits per heavy atom. The van der Waals surface area contributed by atoms with Crippen LogP contribution in [0.4, 0.5) is 0 Å². The van der Waals surface area contributed by atoms with E-state index in [-0.39, 0.29) is 5.54 Å². The fraction of sp³-hybridized carbons (Fsp3) is 0.500. The summed E-state index contributed by atoms with van der Waals surface area (Å²) in [5.41, 5.74) is 1.90. The molecule has 0 bridgehead atoms. The molecule has 2 rings (SSSR count). The van der Waals surface area contributed by atoms with Gasteiger partial charge in [0, 0.05) is 17.1 Å². The van der Waals surface area contributed by atoms with Crippen molar-refractivity contribution in [2.45, 2.75) is 39.7 Å².